The van der Waals surface area contributed by atoms with Gasteiger partial charge in [-0.15, -0.1) is 0 Å². The molecule has 0 aliphatic carbocycles. The fraction of sp³-hybridized carbons (Fsp3) is 0.500. The van der Waals surface area contributed by atoms with E-state index in [4.69, 9.17) is 5.73 Å². The second-order valence-corrected chi connectivity index (χ2v) is 5.43. The first-order chi connectivity index (χ1) is 9.30. The number of hydrogen-bond acceptors (Lipinski definition) is 4. The molecule has 6 nitrogen and oxygen atoms in total. The van der Waals surface area contributed by atoms with Gasteiger partial charge in [-0.1, -0.05) is 6.92 Å². The Morgan fingerprint density at radius 1 is 1.40 bits per heavy atom. The van der Waals surface area contributed by atoms with E-state index in [1.54, 1.807) is 13.1 Å². The van der Waals surface area contributed by atoms with Gasteiger partial charge >= 0.3 is 6.03 Å². The van der Waals surface area contributed by atoms with E-state index in [1.165, 1.54) is 4.90 Å². The Bertz CT molecular complexity index is 585. The summed E-state index contributed by atoms with van der Waals surface area (Å²) in [6.07, 6.45) is 2.21. The lowest BCUT2D eigenvalue weighted by Crippen LogP contribution is -2.43. The predicted octanol–water partition coefficient (Wildman–Crippen LogP) is 1.50. The van der Waals surface area contributed by atoms with Gasteiger partial charge in [0.15, 0.2) is 0 Å². The van der Waals surface area contributed by atoms with Crippen LogP contribution in [0.2, 0.25) is 0 Å². The monoisotopic (exact) mass is 276 g/mol. The Morgan fingerprint density at radius 3 is 2.60 bits per heavy atom. The summed E-state index contributed by atoms with van der Waals surface area (Å²) in [5, 5.41) is 2.72. The van der Waals surface area contributed by atoms with Gasteiger partial charge in [-0.05, 0) is 38.3 Å². The lowest BCUT2D eigenvalue weighted by Gasteiger charge is -2.19. The molecule has 1 saturated heterocycles. The van der Waals surface area contributed by atoms with E-state index >= 15 is 0 Å². The molecule has 20 heavy (non-hydrogen) atoms. The molecular weight excluding hydrogens is 256 g/mol. The molecule has 0 aromatic carbocycles. The largest absolute Gasteiger partial charge is 0.398 e. The molecule has 2 heterocycles. The highest BCUT2D eigenvalue weighted by Gasteiger charge is 2.46. The van der Waals surface area contributed by atoms with Crippen LogP contribution in [-0.2, 0) is 11.3 Å². The maximum atomic E-state index is 12.3. The van der Waals surface area contributed by atoms with Crippen molar-refractivity contribution in [2.75, 3.05) is 5.73 Å². The molecule has 108 valence electrons. The van der Waals surface area contributed by atoms with Crippen LogP contribution in [0, 0.1) is 13.8 Å². The third kappa shape index (κ3) is 2.11. The van der Waals surface area contributed by atoms with Crippen LogP contribution in [0.1, 0.15) is 37.1 Å². The van der Waals surface area contributed by atoms with E-state index in [1.807, 2.05) is 20.8 Å². The van der Waals surface area contributed by atoms with Crippen molar-refractivity contribution in [1.29, 1.82) is 0 Å². The number of pyridine rings is 1. The molecule has 1 atom stereocenters. The number of rotatable bonds is 3. The van der Waals surface area contributed by atoms with Gasteiger partial charge in [0.25, 0.3) is 5.91 Å². The molecule has 1 unspecified atom stereocenters. The van der Waals surface area contributed by atoms with Crippen molar-refractivity contribution in [2.45, 2.75) is 46.2 Å². The average Bonchev–Trinajstić information content (AvgIpc) is 2.63. The standard InChI is InChI=1S/C14H20N4O2/c1-5-14(4)12(19)18(13(20)17-14)7-10-9(3)11(15)8(2)6-16-10/h6H,5,7H2,1-4H3,(H2,15,16)(H,17,20). The first-order valence-corrected chi connectivity index (χ1v) is 6.65. The van der Waals surface area contributed by atoms with Crippen molar-refractivity contribution in [1.82, 2.24) is 15.2 Å². The van der Waals surface area contributed by atoms with Gasteiger partial charge in [0, 0.05) is 11.9 Å². The number of nitrogens with zero attached hydrogens (tertiary/aromatic N) is 2. The number of amides is 3. The number of nitrogen functional groups attached to an aromatic ring is 1. The number of urea groups is 1. The second kappa shape index (κ2) is 4.77. The third-order valence-electron chi connectivity index (χ3n) is 4.04. The van der Waals surface area contributed by atoms with Crippen LogP contribution in [-0.4, -0.2) is 27.4 Å². The van der Waals surface area contributed by atoms with Gasteiger partial charge < -0.3 is 11.1 Å². The van der Waals surface area contributed by atoms with E-state index in [9.17, 15) is 9.59 Å². The number of aryl methyl sites for hydroxylation is 1. The van der Waals surface area contributed by atoms with Crippen LogP contribution in [0.3, 0.4) is 0 Å². The highest BCUT2D eigenvalue weighted by atomic mass is 16.2. The fourth-order valence-electron chi connectivity index (χ4n) is 2.23. The SMILES string of the molecule is CCC1(C)NC(=O)N(Cc2ncc(C)c(N)c2C)C1=O. The molecule has 1 aromatic heterocycles. The Balaban J connectivity index is 2.30. The Kier molecular flexibility index (Phi) is 3.41. The minimum atomic E-state index is -0.818. The highest BCUT2D eigenvalue weighted by Crippen LogP contribution is 2.25. The van der Waals surface area contributed by atoms with E-state index in [-0.39, 0.29) is 18.5 Å². The molecule has 6 heteroatoms. The summed E-state index contributed by atoms with van der Waals surface area (Å²) < 4.78 is 0. The Morgan fingerprint density at radius 2 is 2.05 bits per heavy atom. The van der Waals surface area contributed by atoms with E-state index in [2.05, 4.69) is 10.3 Å². The second-order valence-electron chi connectivity index (χ2n) is 5.43. The molecule has 3 amide bonds. The summed E-state index contributed by atoms with van der Waals surface area (Å²) in [7, 11) is 0. The quantitative estimate of drug-likeness (QED) is 0.819. The van der Waals surface area contributed by atoms with Crippen LogP contribution in [0.5, 0.6) is 0 Å². The predicted molar refractivity (Wildman–Crippen MR) is 75.9 cm³/mol. The molecule has 2 rings (SSSR count). The highest BCUT2D eigenvalue weighted by molar-refractivity contribution is 6.06. The van der Waals surface area contributed by atoms with Gasteiger partial charge in [-0.2, -0.15) is 0 Å². The van der Waals surface area contributed by atoms with Crippen molar-refractivity contribution < 1.29 is 9.59 Å². The zero-order chi connectivity index (χ0) is 15.1. The van der Waals surface area contributed by atoms with Crippen molar-refractivity contribution >= 4 is 17.6 Å². The van der Waals surface area contributed by atoms with Crippen LogP contribution < -0.4 is 11.1 Å². The number of aromatic nitrogens is 1. The maximum Gasteiger partial charge on any atom is 0.325 e. The number of carbonyl (C=O) groups is 2. The molecule has 1 aliphatic heterocycles. The summed E-state index contributed by atoms with van der Waals surface area (Å²) >= 11 is 0. The normalized spacial score (nSPS) is 22.3. The fourth-order valence-corrected chi connectivity index (χ4v) is 2.23. The topological polar surface area (TPSA) is 88.3 Å². The van der Waals surface area contributed by atoms with Crippen molar-refractivity contribution in [3.05, 3.63) is 23.0 Å². The lowest BCUT2D eigenvalue weighted by atomic mass is 9.99. The van der Waals surface area contributed by atoms with Gasteiger partial charge in [0.05, 0.1) is 12.2 Å². The number of nitrogens with two attached hydrogens (primary N) is 1. The number of imide groups is 1. The lowest BCUT2D eigenvalue weighted by molar-refractivity contribution is -0.131. The summed E-state index contributed by atoms with van der Waals surface area (Å²) in [6.45, 7) is 7.48. The summed E-state index contributed by atoms with van der Waals surface area (Å²) in [4.78, 5) is 29.8. The number of nitrogens with one attached hydrogen (secondary N) is 1. The number of anilines is 1. The number of hydrogen-bond donors (Lipinski definition) is 2. The molecule has 3 N–H and O–H groups in total. The number of carbonyl (C=O) groups excluding carboxylic acids is 2. The first kappa shape index (κ1) is 14.3. The molecule has 1 aromatic rings. The third-order valence-corrected chi connectivity index (χ3v) is 4.04. The first-order valence-electron chi connectivity index (χ1n) is 6.65. The van der Waals surface area contributed by atoms with Crippen molar-refractivity contribution in [2.24, 2.45) is 0 Å². The zero-order valence-corrected chi connectivity index (χ0v) is 12.3. The Hall–Kier alpha value is -2.11. The molecule has 0 spiro atoms. The van der Waals surface area contributed by atoms with Crippen molar-refractivity contribution in [3.63, 3.8) is 0 Å². The smallest absolute Gasteiger partial charge is 0.325 e. The van der Waals surface area contributed by atoms with Gasteiger partial charge in [0.1, 0.15) is 5.54 Å². The van der Waals surface area contributed by atoms with E-state index in [0.29, 0.717) is 17.8 Å². The van der Waals surface area contributed by atoms with Gasteiger partial charge in [-0.25, -0.2) is 4.79 Å². The minimum Gasteiger partial charge on any atom is -0.398 e. The van der Waals surface area contributed by atoms with Crippen LogP contribution in [0.25, 0.3) is 0 Å². The molecule has 1 aliphatic rings. The Labute approximate surface area is 118 Å². The summed E-state index contributed by atoms with van der Waals surface area (Å²) in [5.74, 6) is -0.217. The summed E-state index contributed by atoms with van der Waals surface area (Å²) in [5.41, 5.74) is 8.15. The molecular formula is C14H20N4O2. The molecule has 1 fully saturated rings. The summed E-state index contributed by atoms with van der Waals surface area (Å²) in [6, 6.07) is -0.375. The minimum absolute atomic E-state index is 0.149. The molecule has 0 radical (unpaired) electrons. The zero-order valence-electron chi connectivity index (χ0n) is 12.3. The van der Waals surface area contributed by atoms with Crippen LogP contribution in [0.15, 0.2) is 6.20 Å². The van der Waals surface area contributed by atoms with Crippen LogP contribution >= 0.6 is 0 Å². The maximum absolute atomic E-state index is 12.3. The molecule has 0 saturated carbocycles. The molecule has 0 bridgehead atoms. The van der Waals surface area contributed by atoms with Gasteiger partial charge in [-0.3, -0.25) is 14.7 Å². The van der Waals surface area contributed by atoms with E-state index < -0.39 is 5.54 Å². The van der Waals surface area contributed by atoms with Crippen LogP contribution in [0.4, 0.5) is 10.5 Å². The van der Waals surface area contributed by atoms with Gasteiger partial charge in [0.2, 0.25) is 0 Å². The average molecular weight is 276 g/mol. The van der Waals surface area contributed by atoms with Crippen molar-refractivity contribution in [3.8, 4) is 0 Å². The van der Waals surface area contributed by atoms with E-state index in [0.717, 1.165) is 11.1 Å².